The molecule has 1 heterocycles. The van der Waals surface area contributed by atoms with Crippen molar-refractivity contribution in [1.29, 1.82) is 0 Å². The monoisotopic (exact) mass is 338 g/mol. The van der Waals surface area contributed by atoms with E-state index in [1.54, 1.807) is 19.2 Å². The topological polar surface area (TPSA) is 72.1 Å². The molecule has 0 amide bonds. The van der Waals surface area contributed by atoms with E-state index < -0.39 is 0 Å². The number of morpholine rings is 1. The maximum atomic E-state index is 13.6. The van der Waals surface area contributed by atoms with Crippen molar-refractivity contribution in [3.05, 3.63) is 35.6 Å². The van der Waals surface area contributed by atoms with Gasteiger partial charge in [0, 0.05) is 26.2 Å². The first kappa shape index (κ1) is 18.6. The molecule has 0 radical (unpaired) electrons. The molecule has 1 aliphatic heterocycles. The summed E-state index contributed by atoms with van der Waals surface area (Å²) in [4.78, 5) is 6.71. The summed E-state index contributed by atoms with van der Waals surface area (Å²) in [5, 5.41) is 3.09. The van der Waals surface area contributed by atoms with E-state index in [0.29, 0.717) is 32.3 Å². The highest BCUT2D eigenvalue weighted by Gasteiger charge is 2.23. The highest BCUT2D eigenvalue weighted by atomic mass is 19.1. The van der Waals surface area contributed by atoms with Crippen LogP contribution in [0.3, 0.4) is 0 Å². The zero-order chi connectivity index (χ0) is 17.4. The van der Waals surface area contributed by atoms with Crippen LogP contribution in [0.4, 0.5) is 4.39 Å². The number of nitrogens with zero attached hydrogens (tertiary/aromatic N) is 2. The number of guanidine groups is 1. The Bertz CT molecular complexity index is 535. The van der Waals surface area contributed by atoms with Crippen molar-refractivity contribution in [1.82, 2.24) is 10.2 Å². The van der Waals surface area contributed by atoms with Crippen molar-refractivity contribution in [3.63, 3.8) is 0 Å². The quantitative estimate of drug-likeness (QED) is 0.576. The number of nitrogens with one attached hydrogen (secondary N) is 1. The van der Waals surface area contributed by atoms with Crippen molar-refractivity contribution in [2.24, 2.45) is 10.7 Å². The van der Waals surface area contributed by atoms with Crippen molar-refractivity contribution >= 4 is 5.96 Å². The SMILES string of the molecule is COCC(C)NC(N)=NCC(c1cccc(F)c1)N1CCOCC1. The van der Waals surface area contributed by atoms with E-state index in [2.05, 4.69) is 15.2 Å². The molecule has 1 fully saturated rings. The third-order valence-corrected chi connectivity index (χ3v) is 3.97. The fourth-order valence-corrected chi connectivity index (χ4v) is 2.81. The second kappa shape index (κ2) is 9.56. The third kappa shape index (κ3) is 5.74. The number of aliphatic imine (C=N–C) groups is 1. The number of ether oxygens (including phenoxy) is 2. The summed E-state index contributed by atoms with van der Waals surface area (Å²) >= 11 is 0. The normalized spacial score (nSPS) is 19.0. The zero-order valence-corrected chi connectivity index (χ0v) is 14.4. The van der Waals surface area contributed by atoms with E-state index in [1.165, 1.54) is 6.07 Å². The van der Waals surface area contributed by atoms with Gasteiger partial charge in [-0.25, -0.2) is 4.39 Å². The van der Waals surface area contributed by atoms with Crippen LogP contribution in [0.5, 0.6) is 0 Å². The molecule has 0 spiro atoms. The maximum Gasteiger partial charge on any atom is 0.188 e. The van der Waals surface area contributed by atoms with Crippen LogP contribution in [0, 0.1) is 5.82 Å². The van der Waals surface area contributed by atoms with E-state index in [4.69, 9.17) is 15.2 Å². The molecule has 2 atom stereocenters. The van der Waals surface area contributed by atoms with Crippen LogP contribution >= 0.6 is 0 Å². The van der Waals surface area contributed by atoms with Gasteiger partial charge in [-0.1, -0.05) is 12.1 Å². The number of hydrogen-bond acceptors (Lipinski definition) is 4. The predicted octanol–water partition coefficient (Wildman–Crippen LogP) is 1.14. The third-order valence-electron chi connectivity index (χ3n) is 3.97. The van der Waals surface area contributed by atoms with E-state index in [-0.39, 0.29) is 17.9 Å². The zero-order valence-electron chi connectivity index (χ0n) is 14.4. The number of benzene rings is 1. The van der Waals surface area contributed by atoms with Gasteiger partial charge in [-0.2, -0.15) is 0 Å². The molecule has 134 valence electrons. The van der Waals surface area contributed by atoms with E-state index in [1.807, 2.05) is 13.0 Å². The second-order valence-corrected chi connectivity index (χ2v) is 5.95. The van der Waals surface area contributed by atoms with E-state index in [9.17, 15) is 4.39 Å². The largest absolute Gasteiger partial charge is 0.383 e. The number of rotatable bonds is 7. The molecule has 3 N–H and O–H groups in total. The molecule has 24 heavy (non-hydrogen) atoms. The molecule has 0 bridgehead atoms. The van der Waals surface area contributed by atoms with Gasteiger partial charge in [-0.3, -0.25) is 9.89 Å². The lowest BCUT2D eigenvalue weighted by molar-refractivity contribution is 0.0179. The number of nitrogens with two attached hydrogens (primary N) is 1. The molecule has 1 aromatic rings. The Morgan fingerprint density at radius 3 is 2.88 bits per heavy atom. The minimum Gasteiger partial charge on any atom is -0.383 e. The van der Waals surface area contributed by atoms with Crippen molar-refractivity contribution in [2.45, 2.75) is 19.0 Å². The first-order valence-corrected chi connectivity index (χ1v) is 8.22. The van der Waals surface area contributed by atoms with Gasteiger partial charge < -0.3 is 20.5 Å². The Morgan fingerprint density at radius 1 is 1.46 bits per heavy atom. The smallest absolute Gasteiger partial charge is 0.188 e. The van der Waals surface area contributed by atoms with Gasteiger partial charge in [0.1, 0.15) is 5.82 Å². The first-order chi connectivity index (χ1) is 11.6. The van der Waals surface area contributed by atoms with Crippen molar-refractivity contribution in [3.8, 4) is 0 Å². The summed E-state index contributed by atoms with van der Waals surface area (Å²) in [6.07, 6.45) is 0. The Morgan fingerprint density at radius 2 is 2.21 bits per heavy atom. The van der Waals surface area contributed by atoms with Gasteiger partial charge in [0.05, 0.1) is 32.4 Å². The molecular weight excluding hydrogens is 311 g/mol. The van der Waals surface area contributed by atoms with Crippen LogP contribution in [-0.2, 0) is 9.47 Å². The Labute approximate surface area is 142 Å². The lowest BCUT2D eigenvalue weighted by atomic mass is 10.0. The lowest BCUT2D eigenvalue weighted by Crippen LogP contribution is -2.43. The molecule has 2 rings (SSSR count). The summed E-state index contributed by atoms with van der Waals surface area (Å²) in [7, 11) is 1.64. The van der Waals surface area contributed by atoms with E-state index in [0.717, 1.165) is 18.7 Å². The maximum absolute atomic E-state index is 13.6. The van der Waals surface area contributed by atoms with Crippen molar-refractivity contribution in [2.75, 3.05) is 46.6 Å². The number of hydrogen-bond donors (Lipinski definition) is 2. The standard InChI is InChI=1S/C17H27FN4O2/c1-13(12-23-2)21-17(19)20-11-16(22-6-8-24-9-7-22)14-4-3-5-15(18)10-14/h3-5,10,13,16H,6-9,11-12H2,1-2H3,(H3,19,20,21). The van der Waals surface area contributed by atoms with Crippen LogP contribution in [0.15, 0.2) is 29.3 Å². The van der Waals surface area contributed by atoms with Gasteiger partial charge in [0.15, 0.2) is 5.96 Å². The fraction of sp³-hybridized carbons (Fsp3) is 0.588. The van der Waals surface area contributed by atoms with Gasteiger partial charge in [0.2, 0.25) is 0 Å². The first-order valence-electron chi connectivity index (χ1n) is 8.22. The Hall–Kier alpha value is -1.70. The predicted molar refractivity (Wildman–Crippen MR) is 92.5 cm³/mol. The van der Waals surface area contributed by atoms with Crippen LogP contribution < -0.4 is 11.1 Å². The molecule has 7 heteroatoms. The summed E-state index contributed by atoms with van der Waals surface area (Å²) in [6, 6.07) is 6.72. The van der Waals surface area contributed by atoms with Crippen LogP contribution in [0.25, 0.3) is 0 Å². The number of methoxy groups -OCH3 is 1. The summed E-state index contributed by atoms with van der Waals surface area (Å²) < 4.78 is 24.1. The Balaban J connectivity index is 2.08. The highest BCUT2D eigenvalue weighted by Crippen LogP contribution is 2.23. The minimum absolute atomic E-state index is 0.0253. The summed E-state index contributed by atoms with van der Waals surface area (Å²) in [6.45, 7) is 5.92. The average Bonchev–Trinajstić information content (AvgIpc) is 2.56. The number of halogens is 1. The van der Waals surface area contributed by atoms with E-state index >= 15 is 0 Å². The second-order valence-electron chi connectivity index (χ2n) is 5.95. The lowest BCUT2D eigenvalue weighted by Gasteiger charge is -2.34. The molecule has 1 aromatic carbocycles. The average molecular weight is 338 g/mol. The highest BCUT2D eigenvalue weighted by molar-refractivity contribution is 5.78. The van der Waals surface area contributed by atoms with Crippen molar-refractivity contribution < 1.29 is 13.9 Å². The molecule has 1 saturated heterocycles. The van der Waals surface area contributed by atoms with Gasteiger partial charge in [-0.15, -0.1) is 0 Å². The fourth-order valence-electron chi connectivity index (χ4n) is 2.81. The molecule has 0 aliphatic carbocycles. The molecule has 2 unspecified atom stereocenters. The minimum atomic E-state index is -0.241. The summed E-state index contributed by atoms with van der Waals surface area (Å²) in [5.74, 6) is 0.128. The molecule has 0 saturated carbocycles. The van der Waals surface area contributed by atoms with Gasteiger partial charge in [-0.05, 0) is 24.6 Å². The molecular formula is C17H27FN4O2. The van der Waals surface area contributed by atoms with Crippen LogP contribution in [0.1, 0.15) is 18.5 Å². The Kier molecular flexibility index (Phi) is 7.42. The summed E-state index contributed by atoms with van der Waals surface area (Å²) in [5.41, 5.74) is 6.86. The van der Waals surface area contributed by atoms with Gasteiger partial charge >= 0.3 is 0 Å². The van der Waals surface area contributed by atoms with Crippen LogP contribution in [-0.4, -0.2) is 63.5 Å². The molecule has 1 aliphatic rings. The van der Waals surface area contributed by atoms with Crippen LogP contribution in [0.2, 0.25) is 0 Å². The van der Waals surface area contributed by atoms with Gasteiger partial charge in [0.25, 0.3) is 0 Å². The molecule has 0 aromatic heterocycles. The molecule has 6 nitrogen and oxygen atoms in total.